The van der Waals surface area contributed by atoms with Crippen molar-refractivity contribution >= 4 is 33.3 Å². The second-order valence-corrected chi connectivity index (χ2v) is 10.1. The molecule has 0 aliphatic heterocycles. The Morgan fingerprint density at radius 3 is 2.41 bits per heavy atom. The van der Waals surface area contributed by atoms with Gasteiger partial charge in [0.15, 0.2) is 16.8 Å². The number of hydrogen-bond donors (Lipinski definition) is 1. The molecule has 4 aromatic rings. The molecule has 34 heavy (non-hydrogen) atoms. The zero-order chi connectivity index (χ0) is 24.1. The molecule has 0 saturated heterocycles. The number of ether oxygens (including phenoxy) is 1. The molecule has 0 aliphatic carbocycles. The highest BCUT2D eigenvalue weighted by molar-refractivity contribution is 7.99. The normalized spacial score (nSPS) is 11.2. The zero-order valence-corrected chi connectivity index (χ0v) is 20.1. The molecule has 0 fully saturated rings. The van der Waals surface area contributed by atoms with Gasteiger partial charge in [0.25, 0.3) is 0 Å². The number of carbonyl (C=O) groups excluding carboxylic acids is 1. The Labute approximate surface area is 202 Å². The van der Waals surface area contributed by atoms with Crippen LogP contribution in [-0.4, -0.2) is 48.1 Å². The number of thioether (sulfide) groups is 1. The smallest absolute Gasteiger partial charge is 0.229 e. The number of aromatic nitrogens is 3. The number of carbonyl (C=O) groups is 1. The summed E-state index contributed by atoms with van der Waals surface area (Å²) in [4.78, 5) is 12.8. The second kappa shape index (κ2) is 10.1. The van der Waals surface area contributed by atoms with E-state index in [4.69, 9.17) is 4.74 Å². The predicted octanol–water partition coefficient (Wildman–Crippen LogP) is 4.29. The van der Waals surface area contributed by atoms with E-state index in [1.54, 1.807) is 31.4 Å². The fraction of sp³-hybridized carbons (Fsp3) is 0.125. The Morgan fingerprint density at radius 1 is 1.00 bits per heavy atom. The van der Waals surface area contributed by atoms with Crippen LogP contribution in [0.4, 0.5) is 5.69 Å². The summed E-state index contributed by atoms with van der Waals surface area (Å²) < 4.78 is 32.4. The summed E-state index contributed by atoms with van der Waals surface area (Å²) in [5, 5.41) is 9.32. The van der Waals surface area contributed by atoms with Crippen LogP contribution < -0.4 is 9.46 Å². The lowest BCUT2D eigenvalue weighted by molar-refractivity contribution is 0.102. The maximum absolute atomic E-state index is 12.8. The van der Waals surface area contributed by atoms with Crippen molar-refractivity contribution in [3.8, 4) is 22.8 Å². The number of para-hydroxylation sites is 1. The summed E-state index contributed by atoms with van der Waals surface area (Å²) in [6, 6.07) is 23.6. The van der Waals surface area contributed by atoms with E-state index in [1.807, 2.05) is 59.2 Å². The molecule has 0 atom stereocenters. The molecule has 0 saturated carbocycles. The molecule has 0 unspecified atom stereocenters. The molecule has 1 N–H and O–H groups in total. The van der Waals surface area contributed by atoms with Gasteiger partial charge in [-0.05, 0) is 48.5 Å². The topological polar surface area (TPSA) is 103 Å². The van der Waals surface area contributed by atoms with Crippen molar-refractivity contribution in [3.63, 3.8) is 0 Å². The molecule has 1 aromatic heterocycles. The highest BCUT2D eigenvalue weighted by Gasteiger charge is 2.18. The summed E-state index contributed by atoms with van der Waals surface area (Å²) >= 11 is 1.28. The lowest BCUT2D eigenvalue weighted by atomic mass is 10.1. The number of methoxy groups -OCH3 is 1. The summed E-state index contributed by atoms with van der Waals surface area (Å²) in [6.07, 6.45) is 1.07. The zero-order valence-electron chi connectivity index (χ0n) is 18.5. The molecule has 8 nitrogen and oxygen atoms in total. The van der Waals surface area contributed by atoms with Gasteiger partial charge in [0.2, 0.25) is 10.0 Å². The highest BCUT2D eigenvalue weighted by Crippen LogP contribution is 2.30. The van der Waals surface area contributed by atoms with E-state index in [-0.39, 0.29) is 11.5 Å². The number of ketones is 1. The van der Waals surface area contributed by atoms with E-state index in [2.05, 4.69) is 14.9 Å². The Morgan fingerprint density at radius 2 is 1.74 bits per heavy atom. The van der Waals surface area contributed by atoms with Gasteiger partial charge in [0, 0.05) is 22.5 Å². The number of benzene rings is 3. The van der Waals surface area contributed by atoms with Gasteiger partial charge in [-0.3, -0.25) is 14.1 Å². The van der Waals surface area contributed by atoms with Gasteiger partial charge in [0.1, 0.15) is 5.75 Å². The van der Waals surface area contributed by atoms with E-state index in [9.17, 15) is 13.2 Å². The van der Waals surface area contributed by atoms with Gasteiger partial charge >= 0.3 is 0 Å². The van der Waals surface area contributed by atoms with Crippen molar-refractivity contribution in [2.24, 2.45) is 0 Å². The maximum atomic E-state index is 12.8. The Balaban J connectivity index is 1.58. The quantitative estimate of drug-likeness (QED) is 0.273. The number of Topliss-reactive ketones (excluding diaryl/α,β-unsaturated/α-hetero) is 1. The van der Waals surface area contributed by atoms with Crippen LogP contribution in [0.25, 0.3) is 17.1 Å². The minimum Gasteiger partial charge on any atom is -0.497 e. The molecule has 174 valence electrons. The third-order valence-electron chi connectivity index (χ3n) is 4.82. The van der Waals surface area contributed by atoms with Crippen LogP contribution in [0.2, 0.25) is 0 Å². The molecule has 3 aromatic carbocycles. The standard InChI is InChI=1S/C24H22N4O4S2/c1-32-21-10-6-7-18(15-21)23-25-26-24(28(23)20-8-4-3-5-9-20)33-16-22(29)17-11-13-19(14-12-17)27-34(2,30)31/h3-15,27H,16H2,1-2H3. The summed E-state index contributed by atoms with van der Waals surface area (Å²) in [7, 11) is -1.77. The van der Waals surface area contributed by atoms with Gasteiger partial charge in [0.05, 0.1) is 19.1 Å². The molecule has 1 heterocycles. The number of hydrogen-bond acceptors (Lipinski definition) is 7. The molecule has 0 radical (unpaired) electrons. The summed E-state index contributed by atoms with van der Waals surface area (Å²) in [5.74, 6) is 1.37. The van der Waals surface area contributed by atoms with Crippen LogP contribution in [0.3, 0.4) is 0 Å². The predicted molar refractivity (Wildman–Crippen MR) is 133 cm³/mol. The van der Waals surface area contributed by atoms with Gasteiger partial charge in [-0.1, -0.05) is 42.1 Å². The van der Waals surface area contributed by atoms with E-state index in [1.165, 1.54) is 11.8 Å². The first kappa shape index (κ1) is 23.5. The minimum absolute atomic E-state index is 0.110. The largest absolute Gasteiger partial charge is 0.497 e. The second-order valence-electron chi connectivity index (χ2n) is 7.37. The summed E-state index contributed by atoms with van der Waals surface area (Å²) in [6.45, 7) is 0. The van der Waals surface area contributed by atoms with Crippen LogP contribution >= 0.6 is 11.8 Å². The van der Waals surface area contributed by atoms with E-state index < -0.39 is 10.0 Å². The summed E-state index contributed by atoms with van der Waals surface area (Å²) in [5.41, 5.74) is 2.59. The first-order chi connectivity index (χ1) is 16.3. The first-order valence-electron chi connectivity index (χ1n) is 10.2. The van der Waals surface area contributed by atoms with Gasteiger partial charge in [-0.2, -0.15) is 0 Å². The molecule has 0 spiro atoms. The van der Waals surface area contributed by atoms with Crippen LogP contribution in [0, 0.1) is 0 Å². The average molecular weight is 495 g/mol. The third kappa shape index (κ3) is 5.64. The molecule has 0 bridgehead atoms. The van der Waals surface area contributed by atoms with Crippen LogP contribution in [0.15, 0.2) is 84.0 Å². The van der Waals surface area contributed by atoms with E-state index >= 15 is 0 Å². The first-order valence-corrected chi connectivity index (χ1v) is 13.1. The Kier molecular flexibility index (Phi) is 6.99. The van der Waals surface area contributed by atoms with Crippen LogP contribution in [-0.2, 0) is 10.0 Å². The minimum atomic E-state index is -3.38. The molecule has 0 amide bonds. The lowest BCUT2D eigenvalue weighted by Crippen LogP contribution is -2.10. The lowest BCUT2D eigenvalue weighted by Gasteiger charge is -2.11. The average Bonchev–Trinajstić information content (AvgIpc) is 3.26. The molecular weight excluding hydrogens is 472 g/mol. The van der Waals surface area contributed by atoms with E-state index in [0.29, 0.717) is 28.0 Å². The number of sulfonamides is 1. The fourth-order valence-corrected chi connectivity index (χ4v) is 4.68. The Hall–Kier alpha value is -3.63. The monoisotopic (exact) mass is 494 g/mol. The third-order valence-corrected chi connectivity index (χ3v) is 6.35. The number of nitrogens with zero attached hydrogens (tertiary/aromatic N) is 3. The molecule has 10 heteroatoms. The number of nitrogens with one attached hydrogen (secondary N) is 1. The maximum Gasteiger partial charge on any atom is 0.229 e. The molecular formula is C24H22N4O4S2. The van der Waals surface area contributed by atoms with Crippen LogP contribution in [0.1, 0.15) is 10.4 Å². The van der Waals surface area contributed by atoms with Crippen molar-refractivity contribution in [1.82, 2.24) is 14.8 Å². The van der Waals surface area contributed by atoms with Crippen molar-refractivity contribution < 1.29 is 17.9 Å². The molecule has 4 rings (SSSR count). The Bertz CT molecular complexity index is 1400. The van der Waals surface area contributed by atoms with Gasteiger partial charge < -0.3 is 4.74 Å². The number of rotatable bonds is 9. The van der Waals surface area contributed by atoms with Crippen molar-refractivity contribution in [3.05, 3.63) is 84.4 Å². The SMILES string of the molecule is COc1cccc(-c2nnc(SCC(=O)c3ccc(NS(C)(=O)=O)cc3)n2-c2ccccc2)c1. The highest BCUT2D eigenvalue weighted by atomic mass is 32.2. The van der Waals surface area contributed by atoms with Crippen LogP contribution in [0.5, 0.6) is 5.75 Å². The van der Waals surface area contributed by atoms with Gasteiger partial charge in [-0.15, -0.1) is 10.2 Å². The fourth-order valence-electron chi connectivity index (χ4n) is 3.27. The molecule has 0 aliphatic rings. The van der Waals surface area contributed by atoms with Crippen molar-refractivity contribution in [2.75, 3.05) is 23.8 Å². The van der Waals surface area contributed by atoms with E-state index in [0.717, 1.165) is 17.5 Å². The number of anilines is 1. The van der Waals surface area contributed by atoms with Gasteiger partial charge in [-0.25, -0.2) is 8.42 Å². The van der Waals surface area contributed by atoms with Crippen molar-refractivity contribution in [1.29, 1.82) is 0 Å². The van der Waals surface area contributed by atoms with Crippen molar-refractivity contribution in [2.45, 2.75) is 5.16 Å².